The fourth-order valence-electron chi connectivity index (χ4n) is 2.78. The predicted molar refractivity (Wildman–Crippen MR) is 70.1 cm³/mol. The second-order valence-electron chi connectivity index (χ2n) is 5.44. The van der Waals surface area contributed by atoms with Crippen LogP contribution in [0.5, 0.6) is 0 Å². The smallest absolute Gasteiger partial charge is 0.248 e. The van der Waals surface area contributed by atoms with Crippen molar-refractivity contribution < 1.29 is 13.6 Å². The SMILES string of the molecule is O=C(C1CCC(F)(F)CC1)N(CCBr)C1CCC1. The maximum absolute atomic E-state index is 13.1. The zero-order valence-corrected chi connectivity index (χ0v) is 12.1. The summed E-state index contributed by atoms with van der Waals surface area (Å²) in [5.41, 5.74) is 0. The van der Waals surface area contributed by atoms with Crippen LogP contribution in [0, 0.1) is 5.92 Å². The molecule has 0 aromatic rings. The van der Waals surface area contributed by atoms with E-state index in [0.717, 1.165) is 18.2 Å². The topological polar surface area (TPSA) is 20.3 Å². The molecule has 0 atom stereocenters. The molecule has 104 valence electrons. The summed E-state index contributed by atoms with van der Waals surface area (Å²) in [6.07, 6.45) is 3.75. The van der Waals surface area contributed by atoms with Crippen molar-refractivity contribution in [2.45, 2.75) is 56.9 Å². The molecule has 2 fully saturated rings. The number of nitrogens with zero attached hydrogens (tertiary/aromatic N) is 1. The van der Waals surface area contributed by atoms with Gasteiger partial charge in [0.1, 0.15) is 0 Å². The Bertz CT molecular complexity index is 297. The van der Waals surface area contributed by atoms with Gasteiger partial charge in [0.25, 0.3) is 0 Å². The Morgan fingerprint density at radius 3 is 2.28 bits per heavy atom. The standard InChI is InChI=1S/C13H20BrF2NO/c14-8-9-17(11-2-1-3-11)12(18)10-4-6-13(15,16)7-5-10/h10-11H,1-9H2. The van der Waals surface area contributed by atoms with Crippen LogP contribution in [0.3, 0.4) is 0 Å². The maximum atomic E-state index is 13.1. The lowest BCUT2D eigenvalue weighted by molar-refractivity contribution is -0.143. The molecule has 5 heteroatoms. The molecule has 1 amide bonds. The zero-order valence-electron chi connectivity index (χ0n) is 10.5. The van der Waals surface area contributed by atoms with E-state index in [1.54, 1.807) is 0 Å². The first kappa shape index (κ1) is 14.2. The third kappa shape index (κ3) is 3.22. The Kier molecular flexibility index (Phi) is 4.62. The first-order chi connectivity index (χ1) is 8.53. The van der Waals surface area contributed by atoms with Crippen molar-refractivity contribution in [3.8, 4) is 0 Å². The molecule has 0 unspecified atom stereocenters. The van der Waals surface area contributed by atoms with Crippen LogP contribution >= 0.6 is 15.9 Å². The molecule has 2 nitrogen and oxygen atoms in total. The molecule has 0 heterocycles. The van der Waals surface area contributed by atoms with E-state index in [1.165, 1.54) is 6.42 Å². The Morgan fingerprint density at radius 1 is 1.22 bits per heavy atom. The molecule has 0 saturated heterocycles. The number of carbonyl (C=O) groups excluding carboxylic acids is 1. The molecular formula is C13H20BrF2NO. The summed E-state index contributed by atoms with van der Waals surface area (Å²) in [5.74, 6) is -2.62. The lowest BCUT2D eigenvalue weighted by Crippen LogP contribution is -2.48. The van der Waals surface area contributed by atoms with E-state index in [2.05, 4.69) is 15.9 Å². The van der Waals surface area contributed by atoms with Crippen LogP contribution in [0.15, 0.2) is 0 Å². The highest BCUT2D eigenvalue weighted by atomic mass is 79.9. The van der Waals surface area contributed by atoms with Gasteiger partial charge in [0.05, 0.1) is 0 Å². The molecule has 2 saturated carbocycles. The second-order valence-corrected chi connectivity index (χ2v) is 6.23. The summed E-state index contributed by atoms with van der Waals surface area (Å²) in [6.45, 7) is 0.705. The number of hydrogen-bond acceptors (Lipinski definition) is 1. The van der Waals surface area contributed by atoms with Crippen LogP contribution in [0.25, 0.3) is 0 Å². The van der Waals surface area contributed by atoms with Crippen molar-refractivity contribution in [2.24, 2.45) is 5.92 Å². The van der Waals surface area contributed by atoms with Crippen LogP contribution < -0.4 is 0 Å². The quantitative estimate of drug-likeness (QED) is 0.724. The van der Waals surface area contributed by atoms with Crippen LogP contribution in [0.1, 0.15) is 44.9 Å². The first-order valence-corrected chi connectivity index (χ1v) is 7.90. The zero-order chi connectivity index (χ0) is 13.2. The van der Waals surface area contributed by atoms with E-state index in [9.17, 15) is 13.6 Å². The molecule has 0 aromatic carbocycles. The van der Waals surface area contributed by atoms with E-state index < -0.39 is 5.92 Å². The summed E-state index contributed by atoms with van der Waals surface area (Å²) in [6, 6.07) is 0.359. The summed E-state index contributed by atoms with van der Waals surface area (Å²) >= 11 is 3.37. The molecule has 0 N–H and O–H groups in total. The van der Waals surface area contributed by atoms with Crippen molar-refractivity contribution in [1.29, 1.82) is 0 Å². The molecule has 18 heavy (non-hydrogen) atoms. The van der Waals surface area contributed by atoms with Crippen LogP contribution in [-0.4, -0.2) is 34.6 Å². The van der Waals surface area contributed by atoms with E-state index >= 15 is 0 Å². The summed E-state index contributed by atoms with van der Waals surface area (Å²) in [5, 5.41) is 0.762. The lowest BCUT2D eigenvalue weighted by atomic mass is 9.84. The van der Waals surface area contributed by atoms with E-state index in [0.29, 0.717) is 25.4 Å². The number of rotatable bonds is 4. The summed E-state index contributed by atoms with van der Waals surface area (Å²) < 4.78 is 26.2. The second kappa shape index (κ2) is 5.85. The number of alkyl halides is 3. The molecule has 0 radical (unpaired) electrons. The largest absolute Gasteiger partial charge is 0.339 e. The van der Waals surface area contributed by atoms with Crippen molar-refractivity contribution in [2.75, 3.05) is 11.9 Å². The Morgan fingerprint density at radius 2 is 1.83 bits per heavy atom. The predicted octanol–water partition coefficient (Wildman–Crippen LogP) is 3.59. The van der Waals surface area contributed by atoms with Crippen molar-refractivity contribution in [1.82, 2.24) is 4.90 Å². The molecule has 2 aliphatic carbocycles. The third-order valence-electron chi connectivity index (χ3n) is 4.19. The number of halogens is 3. The minimum atomic E-state index is -2.55. The number of hydrogen-bond donors (Lipinski definition) is 0. The van der Waals surface area contributed by atoms with Gasteiger partial charge in [0.2, 0.25) is 11.8 Å². The lowest BCUT2D eigenvalue weighted by Gasteiger charge is -2.40. The minimum Gasteiger partial charge on any atom is -0.339 e. The molecule has 0 spiro atoms. The maximum Gasteiger partial charge on any atom is 0.248 e. The van der Waals surface area contributed by atoms with E-state index in [1.807, 2.05) is 4.90 Å². The minimum absolute atomic E-state index is 0.106. The van der Waals surface area contributed by atoms with Gasteiger partial charge in [-0.05, 0) is 32.1 Å². The van der Waals surface area contributed by atoms with Crippen molar-refractivity contribution in [3.63, 3.8) is 0 Å². The Hall–Kier alpha value is -0.190. The van der Waals surface area contributed by atoms with E-state index in [-0.39, 0.29) is 24.7 Å². The fraction of sp³-hybridized carbons (Fsp3) is 0.923. The van der Waals surface area contributed by atoms with Gasteiger partial charge in [0.15, 0.2) is 0 Å². The van der Waals surface area contributed by atoms with Gasteiger partial charge in [-0.3, -0.25) is 4.79 Å². The molecule has 0 bridgehead atoms. The van der Waals surface area contributed by atoms with Gasteiger partial charge in [-0.2, -0.15) is 0 Å². The molecular weight excluding hydrogens is 304 g/mol. The number of amides is 1. The van der Waals surface area contributed by atoms with Gasteiger partial charge >= 0.3 is 0 Å². The molecule has 0 aliphatic heterocycles. The highest BCUT2D eigenvalue weighted by molar-refractivity contribution is 9.09. The molecule has 2 aliphatic rings. The Labute approximate surface area is 115 Å². The third-order valence-corrected chi connectivity index (χ3v) is 4.54. The number of carbonyl (C=O) groups is 1. The van der Waals surface area contributed by atoms with Gasteiger partial charge in [-0.25, -0.2) is 8.78 Å². The van der Waals surface area contributed by atoms with Crippen molar-refractivity contribution in [3.05, 3.63) is 0 Å². The van der Waals surface area contributed by atoms with Crippen LogP contribution in [0.4, 0.5) is 8.78 Å². The van der Waals surface area contributed by atoms with Gasteiger partial charge in [-0.15, -0.1) is 0 Å². The fourth-order valence-corrected chi connectivity index (χ4v) is 3.17. The van der Waals surface area contributed by atoms with Crippen molar-refractivity contribution >= 4 is 21.8 Å². The average Bonchev–Trinajstić information content (AvgIpc) is 2.25. The monoisotopic (exact) mass is 323 g/mol. The summed E-state index contributed by atoms with van der Waals surface area (Å²) in [4.78, 5) is 14.3. The van der Waals surface area contributed by atoms with Crippen LogP contribution in [-0.2, 0) is 4.79 Å². The van der Waals surface area contributed by atoms with Gasteiger partial charge in [0, 0.05) is 36.7 Å². The van der Waals surface area contributed by atoms with Crippen LogP contribution in [0.2, 0.25) is 0 Å². The first-order valence-electron chi connectivity index (χ1n) is 6.78. The highest BCUT2D eigenvalue weighted by Gasteiger charge is 2.40. The average molecular weight is 324 g/mol. The summed E-state index contributed by atoms with van der Waals surface area (Å²) in [7, 11) is 0. The van der Waals surface area contributed by atoms with Gasteiger partial charge < -0.3 is 4.90 Å². The Balaban J connectivity index is 1.92. The normalized spacial score (nSPS) is 24.6. The van der Waals surface area contributed by atoms with E-state index in [4.69, 9.17) is 0 Å². The molecule has 2 rings (SSSR count). The molecule has 0 aromatic heterocycles. The van der Waals surface area contributed by atoms with Gasteiger partial charge in [-0.1, -0.05) is 15.9 Å². The highest BCUT2D eigenvalue weighted by Crippen LogP contribution is 2.38.